The second kappa shape index (κ2) is 10.1. The van der Waals surface area contributed by atoms with E-state index < -0.39 is 5.97 Å². The van der Waals surface area contributed by atoms with Gasteiger partial charge in [-0.15, -0.1) is 0 Å². The highest BCUT2D eigenvalue weighted by Gasteiger charge is 2.15. The number of esters is 1. The summed E-state index contributed by atoms with van der Waals surface area (Å²) in [6, 6.07) is 11.2. The van der Waals surface area contributed by atoms with E-state index in [0.29, 0.717) is 33.9 Å². The number of fused-ring (bicyclic) bond motifs is 1. The number of halogens is 1. The first-order chi connectivity index (χ1) is 15.5. The number of methoxy groups -OCH3 is 1. The first kappa shape index (κ1) is 22.3. The van der Waals surface area contributed by atoms with E-state index >= 15 is 0 Å². The van der Waals surface area contributed by atoms with Gasteiger partial charge in [-0.3, -0.25) is 9.36 Å². The summed E-state index contributed by atoms with van der Waals surface area (Å²) in [4.78, 5) is 30.0. The van der Waals surface area contributed by atoms with Crippen molar-refractivity contribution < 1.29 is 13.9 Å². The van der Waals surface area contributed by atoms with E-state index in [1.807, 2.05) is 6.07 Å². The zero-order valence-corrected chi connectivity index (χ0v) is 18.8. The number of ether oxygens (including phenoxy) is 1. The van der Waals surface area contributed by atoms with Crippen molar-refractivity contribution in [3.63, 3.8) is 0 Å². The summed E-state index contributed by atoms with van der Waals surface area (Å²) in [5, 5.41) is 1.02. The predicted octanol–water partition coefficient (Wildman–Crippen LogP) is 5.51. The Balaban J connectivity index is 1.70. The van der Waals surface area contributed by atoms with Gasteiger partial charge in [0.2, 0.25) is 0 Å². The van der Waals surface area contributed by atoms with E-state index in [2.05, 4.69) is 6.08 Å². The molecule has 0 spiro atoms. The van der Waals surface area contributed by atoms with Crippen molar-refractivity contribution in [1.82, 2.24) is 9.55 Å². The summed E-state index contributed by atoms with van der Waals surface area (Å²) in [7, 11) is 1.32. The molecule has 0 fully saturated rings. The number of allylic oxidation sites excluding steroid dienone is 2. The molecule has 3 aromatic rings. The highest BCUT2D eigenvalue weighted by atomic mass is 32.2. The fraction of sp³-hybridized carbons (Fsp3) is 0.320. The van der Waals surface area contributed by atoms with Gasteiger partial charge in [-0.05, 0) is 68.0 Å². The van der Waals surface area contributed by atoms with Crippen LogP contribution in [-0.2, 0) is 17.0 Å². The lowest BCUT2D eigenvalue weighted by Crippen LogP contribution is -2.24. The number of carbonyl (C=O) groups is 1. The normalized spacial score (nSPS) is 13.8. The Hall–Kier alpha value is -2.93. The van der Waals surface area contributed by atoms with Gasteiger partial charge in [0.05, 0.1) is 23.6 Å². The molecule has 0 saturated heterocycles. The van der Waals surface area contributed by atoms with Crippen molar-refractivity contribution in [3.05, 3.63) is 81.4 Å². The third-order valence-electron chi connectivity index (χ3n) is 5.64. The molecule has 0 amide bonds. The predicted molar refractivity (Wildman–Crippen MR) is 124 cm³/mol. The van der Waals surface area contributed by atoms with Crippen LogP contribution in [0.25, 0.3) is 10.9 Å². The van der Waals surface area contributed by atoms with Crippen molar-refractivity contribution in [2.45, 2.75) is 49.6 Å². The Labute approximate surface area is 190 Å². The van der Waals surface area contributed by atoms with Gasteiger partial charge in [-0.1, -0.05) is 35.5 Å². The lowest BCUT2D eigenvalue weighted by molar-refractivity contribution is 0.0601. The van der Waals surface area contributed by atoms with E-state index in [9.17, 15) is 14.0 Å². The number of thioether (sulfide) groups is 1. The van der Waals surface area contributed by atoms with E-state index in [1.54, 1.807) is 28.8 Å². The third-order valence-corrected chi connectivity index (χ3v) is 6.69. The SMILES string of the molecule is COC(=O)c1ccc2c(=O)n(CCC3=CCCCC3)c(SCc3cccc(F)c3)nc2c1. The lowest BCUT2D eigenvalue weighted by Gasteiger charge is -2.16. The Kier molecular flexibility index (Phi) is 7.05. The quantitative estimate of drug-likeness (QED) is 0.205. The van der Waals surface area contributed by atoms with Crippen LogP contribution in [-0.4, -0.2) is 22.6 Å². The van der Waals surface area contributed by atoms with E-state index in [1.165, 1.54) is 49.4 Å². The summed E-state index contributed by atoms with van der Waals surface area (Å²) < 4.78 is 20.1. The first-order valence-corrected chi connectivity index (χ1v) is 11.7. The van der Waals surface area contributed by atoms with E-state index in [4.69, 9.17) is 9.72 Å². The molecule has 0 atom stereocenters. The third kappa shape index (κ3) is 5.10. The van der Waals surface area contributed by atoms with Crippen LogP contribution >= 0.6 is 11.8 Å². The lowest BCUT2D eigenvalue weighted by atomic mass is 9.97. The fourth-order valence-corrected chi connectivity index (χ4v) is 4.88. The molecule has 2 aromatic carbocycles. The number of benzene rings is 2. The molecule has 1 heterocycles. The van der Waals surface area contributed by atoms with Crippen LogP contribution in [0.15, 0.2) is 64.1 Å². The minimum absolute atomic E-state index is 0.135. The molecule has 0 N–H and O–H groups in total. The second-order valence-electron chi connectivity index (χ2n) is 7.85. The van der Waals surface area contributed by atoms with Gasteiger partial charge in [0.1, 0.15) is 5.82 Å². The van der Waals surface area contributed by atoms with Gasteiger partial charge in [0.15, 0.2) is 5.16 Å². The molecule has 0 aliphatic heterocycles. The molecule has 7 heteroatoms. The second-order valence-corrected chi connectivity index (χ2v) is 8.79. The Bertz CT molecular complexity index is 1240. The van der Waals surface area contributed by atoms with Gasteiger partial charge < -0.3 is 4.74 Å². The Morgan fingerprint density at radius 1 is 1.22 bits per heavy atom. The van der Waals surface area contributed by atoms with Gasteiger partial charge in [0.25, 0.3) is 5.56 Å². The van der Waals surface area contributed by atoms with Crippen LogP contribution < -0.4 is 5.56 Å². The summed E-state index contributed by atoms with van der Waals surface area (Å²) in [6.45, 7) is 0.540. The van der Waals surface area contributed by atoms with Crippen molar-refractivity contribution in [1.29, 1.82) is 0 Å². The Morgan fingerprint density at radius 2 is 2.09 bits per heavy atom. The topological polar surface area (TPSA) is 61.2 Å². The largest absolute Gasteiger partial charge is 0.465 e. The molecule has 1 aromatic heterocycles. The van der Waals surface area contributed by atoms with Crippen LogP contribution in [0, 0.1) is 5.82 Å². The van der Waals surface area contributed by atoms with Crippen molar-refractivity contribution >= 4 is 28.6 Å². The summed E-state index contributed by atoms with van der Waals surface area (Å²) in [5.74, 6) is -0.287. The molecule has 0 unspecified atom stereocenters. The number of hydrogen-bond donors (Lipinski definition) is 0. The Morgan fingerprint density at radius 3 is 2.84 bits per heavy atom. The zero-order valence-electron chi connectivity index (χ0n) is 18.0. The summed E-state index contributed by atoms with van der Waals surface area (Å²) in [5.41, 5.74) is 2.86. The van der Waals surface area contributed by atoms with Gasteiger partial charge in [-0.2, -0.15) is 0 Å². The smallest absolute Gasteiger partial charge is 0.337 e. The van der Waals surface area contributed by atoms with E-state index in [0.717, 1.165) is 24.8 Å². The van der Waals surface area contributed by atoms with Gasteiger partial charge >= 0.3 is 5.97 Å². The van der Waals surface area contributed by atoms with Gasteiger partial charge in [-0.25, -0.2) is 14.2 Å². The van der Waals surface area contributed by atoms with Crippen LogP contribution in [0.5, 0.6) is 0 Å². The molecule has 32 heavy (non-hydrogen) atoms. The maximum Gasteiger partial charge on any atom is 0.337 e. The fourth-order valence-electron chi connectivity index (χ4n) is 3.91. The number of carbonyl (C=O) groups excluding carboxylic acids is 1. The molecular formula is C25H25FN2O3S. The number of nitrogens with zero attached hydrogens (tertiary/aromatic N) is 2. The van der Waals surface area contributed by atoms with Crippen molar-refractivity contribution in [3.8, 4) is 0 Å². The summed E-state index contributed by atoms with van der Waals surface area (Å²) >= 11 is 1.39. The van der Waals surface area contributed by atoms with Crippen LogP contribution in [0.3, 0.4) is 0 Å². The standard InChI is InChI=1S/C25H25FN2O3S/c1-31-24(30)19-10-11-21-22(15-19)27-25(32-16-18-8-5-9-20(26)14-18)28(23(21)29)13-12-17-6-3-2-4-7-17/h5-6,8-11,14-15H,2-4,7,12-13,16H2,1H3. The highest BCUT2D eigenvalue weighted by molar-refractivity contribution is 7.98. The van der Waals surface area contributed by atoms with Crippen LogP contribution in [0.2, 0.25) is 0 Å². The molecule has 1 aliphatic carbocycles. The summed E-state index contributed by atoms with van der Waals surface area (Å²) in [6.07, 6.45) is 7.67. The first-order valence-electron chi connectivity index (χ1n) is 10.7. The molecule has 0 radical (unpaired) electrons. The van der Waals surface area contributed by atoms with Gasteiger partial charge in [0, 0.05) is 12.3 Å². The molecule has 5 nitrogen and oxygen atoms in total. The molecule has 166 valence electrons. The average Bonchev–Trinajstić information content (AvgIpc) is 2.82. The monoisotopic (exact) mass is 452 g/mol. The zero-order chi connectivity index (χ0) is 22.5. The van der Waals surface area contributed by atoms with Crippen LogP contribution in [0.1, 0.15) is 48.0 Å². The average molecular weight is 453 g/mol. The number of rotatable bonds is 7. The molecular weight excluding hydrogens is 427 g/mol. The van der Waals surface area contributed by atoms with E-state index in [-0.39, 0.29) is 11.4 Å². The molecule has 0 saturated carbocycles. The number of hydrogen-bond acceptors (Lipinski definition) is 5. The molecule has 0 bridgehead atoms. The highest BCUT2D eigenvalue weighted by Crippen LogP contribution is 2.25. The number of aromatic nitrogens is 2. The van der Waals surface area contributed by atoms with Crippen LogP contribution in [0.4, 0.5) is 4.39 Å². The maximum absolute atomic E-state index is 13.6. The molecule has 1 aliphatic rings. The molecule has 4 rings (SSSR count). The minimum atomic E-state index is -0.476. The van der Waals surface area contributed by atoms with Crippen molar-refractivity contribution in [2.24, 2.45) is 0 Å². The minimum Gasteiger partial charge on any atom is -0.465 e. The maximum atomic E-state index is 13.6. The van der Waals surface area contributed by atoms with Crippen molar-refractivity contribution in [2.75, 3.05) is 7.11 Å².